The Morgan fingerprint density at radius 1 is 1.48 bits per heavy atom. The van der Waals surface area contributed by atoms with Gasteiger partial charge in [-0.05, 0) is 44.2 Å². The molecule has 1 spiro atoms. The highest BCUT2D eigenvalue weighted by molar-refractivity contribution is 5.88. The van der Waals surface area contributed by atoms with Gasteiger partial charge in [-0.15, -0.1) is 0 Å². The van der Waals surface area contributed by atoms with Crippen LogP contribution in [0.3, 0.4) is 0 Å². The Morgan fingerprint density at radius 3 is 2.96 bits per heavy atom. The van der Waals surface area contributed by atoms with E-state index in [4.69, 9.17) is 19.0 Å². The number of rotatable bonds is 3. The maximum Gasteiger partial charge on any atom is 0.334 e. The Morgan fingerprint density at radius 2 is 2.24 bits per heavy atom. The third-order valence-corrected chi connectivity index (χ3v) is 6.89. The van der Waals surface area contributed by atoms with Gasteiger partial charge in [0.05, 0.1) is 19.0 Å². The Labute approximate surface area is 148 Å². The summed E-state index contributed by atoms with van der Waals surface area (Å²) < 4.78 is 18.1. The lowest BCUT2D eigenvalue weighted by molar-refractivity contribution is -0.164. The molecule has 0 radical (unpaired) electrons. The van der Waals surface area contributed by atoms with Crippen LogP contribution in [0.15, 0.2) is 22.3 Å². The smallest absolute Gasteiger partial charge is 0.334 e. The number of fused-ring (bicyclic) bond motifs is 1. The molecule has 0 amide bonds. The number of epoxide rings is 1. The Hall–Kier alpha value is -1.59. The second-order valence-electron chi connectivity index (χ2n) is 8.04. The zero-order valence-corrected chi connectivity index (χ0v) is 15.3. The van der Waals surface area contributed by atoms with Crippen LogP contribution < -0.4 is 0 Å². The summed E-state index contributed by atoms with van der Waals surface area (Å²) >= 11 is 0. The number of hydrogen-bond acceptors (Lipinski definition) is 5. The minimum atomic E-state index is -0.398. The summed E-state index contributed by atoms with van der Waals surface area (Å²) in [6.07, 6.45) is 5.92. The van der Waals surface area contributed by atoms with Crippen LogP contribution in [0.25, 0.3) is 0 Å². The van der Waals surface area contributed by atoms with Crippen molar-refractivity contribution in [1.29, 1.82) is 0 Å². The van der Waals surface area contributed by atoms with Gasteiger partial charge in [0.15, 0.2) is 0 Å². The maximum atomic E-state index is 12.6. The molecule has 2 aliphatic carbocycles. The van der Waals surface area contributed by atoms with Crippen LogP contribution in [0, 0.1) is 18.3 Å². The predicted octanol–water partition coefficient (Wildman–Crippen LogP) is 3.24. The van der Waals surface area contributed by atoms with Crippen LogP contribution >= 0.6 is 0 Å². The van der Waals surface area contributed by atoms with E-state index in [-0.39, 0.29) is 29.7 Å². The number of carbonyl (C=O) groups excluding carboxylic acids is 1. The maximum absolute atomic E-state index is 12.6. The van der Waals surface area contributed by atoms with Gasteiger partial charge in [-0.2, -0.15) is 0 Å². The van der Waals surface area contributed by atoms with Crippen molar-refractivity contribution < 1.29 is 23.8 Å². The molecule has 0 bridgehead atoms. The molecule has 2 heterocycles. The highest BCUT2D eigenvalue weighted by Gasteiger charge is 2.75. The Balaban J connectivity index is 1.79. The van der Waals surface area contributed by atoms with Gasteiger partial charge >= 0.3 is 5.97 Å². The highest BCUT2D eigenvalue weighted by Crippen LogP contribution is 2.69. The van der Waals surface area contributed by atoms with Crippen molar-refractivity contribution in [2.24, 2.45) is 11.3 Å². The van der Waals surface area contributed by atoms with Crippen molar-refractivity contribution in [3.05, 3.63) is 34.8 Å². The van der Waals surface area contributed by atoms with E-state index < -0.39 is 6.10 Å². The molecule has 5 nitrogen and oxygen atoms in total. The molecule has 0 aromatic carbocycles. The fourth-order valence-corrected chi connectivity index (χ4v) is 5.07. The van der Waals surface area contributed by atoms with Crippen molar-refractivity contribution in [2.45, 2.75) is 64.8 Å². The number of aryl methyl sites for hydroxylation is 1. The predicted molar refractivity (Wildman–Crippen MR) is 90.9 cm³/mol. The van der Waals surface area contributed by atoms with Crippen molar-refractivity contribution in [1.82, 2.24) is 0 Å². The van der Waals surface area contributed by atoms with Gasteiger partial charge < -0.3 is 19.0 Å². The van der Waals surface area contributed by atoms with E-state index in [9.17, 15) is 4.79 Å². The normalized spacial score (nSPS) is 39.2. The van der Waals surface area contributed by atoms with Gasteiger partial charge in [-0.3, -0.25) is 0 Å². The molecule has 1 aliphatic heterocycles. The summed E-state index contributed by atoms with van der Waals surface area (Å²) in [4.78, 5) is 12.6. The molecule has 5 heteroatoms. The number of aliphatic hydroxyl groups excluding tert-OH is 1. The van der Waals surface area contributed by atoms with Crippen molar-refractivity contribution in [3.63, 3.8) is 0 Å². The molecule has 0 unspecified atom stereocenters. The highest BCUT2D eigenvalue weighted by atomic mass is 16.6. The molecule has 25 heavy (non-hydrogen) atoms. The quantitative estimate of drug-likeness (QED) is 0.517. The average Bonchev–Trinajstić information content (AvgIpc) is 3.18. The minimum absolute atomic E-state index is 0.176. The minimum Gasteiger partial charge on any atom is -0.469 e. The average molecular weight is 346 g/mol. The second kappa shape index (κ2) is 5.45. The number of ether oxygens (including phenoxy) is 2. The standard InChI is InChI=1S/C20H26O5/c1-11(7-8-21)18(22)24-17-16-12(2)10-23-14(16)9-20-15(25-20)6-5-13(3)19(17,20)4/h7,10,13,15,17,21H,5-6,8-9H2,1-4H3/b11-7-/t13-,15+,17+,19-,20+/m0/s1. The van der Waals surface area contributed by atoms with Crippen LogP contribution in [-0.2, 0) is 20.7 Å². The molecule has 1 aromatic heterocycles. The molecular weight excluding hydrogens is 320 g/mol. The van der Waals surface area contributed by atoms with Crippen molar-refractivity contribution in [2.75, 3.05) is 6.61 Å². The number of hydrogen-bond donors (Lipinski definition) is 1. The molecule has 4 rings (SSSR count). The monoisotopic (exact) mass is 346 g/mol. The lowest BCUT2D eigenvalue weighted by atomic mass is 9.53. The molecule has 5 atom stereocenters. The summed E-state index contributed by atoms with van der Waals surface area (Å²) in [5.74, 6) is 0.862. The van der Waals surface area contributed by atoms with Gasteiger partial charge in [-0.25, -0.2) is 4.79 Å². The fourth-order valence-electron chi connectivity index (χ4n) is 5.07. The number of esters is 1. The lowest BCUT2D eigenvalue weighted by Crippen LogP contribution is -2.54. The van der Waals surface area contributed by atoms with Crippen LogP contribution in [-0.4, -0.2) is 29.4 Å². The topological polar surface area (TPSA) is 72.2 Å². The lowest BCUT2D eigenvalue weighted by Gasteiger charge is -2.50. The summed E-state index contributed by atoms with van der Waals surface area (Å²) in [6.45, 7) is 7.93. The molecule has 1 aromatic rings. The van der Waals surface area contributed by atoms with Gasteiger partial charge in [-0.1, -0.05) is 13.8 Å². The molecule has 1 saturated heterocycles. The van der Waals surface area contributed by atoms with Gasteiger partial charge in [0.1, 0.15) is 17.5 Å². The van der Waals surface area contributed by atoms with Crippen molar-refractivity contribution >= 4 is 5.97 Å². The summed E-state index contributed by atoms with van der Waals surface area (Å²) in [7, 11) is 0. The first-order chi connectivity index (χ1) is 11.8. The van der Waals surface area contributed by atoms with E-state index in [1.807, 2.05) is 6.92 Å². The molecule has 1 N–H and O–H groups in total. The van der Waals surface area contributed by atoms with E-state index in [1.54, 1.807) is 13.2 Å². The van der Waals surface area contributed by atoms with E-state index in [2.05, 4.69) is 13.8 Å². The van der Waals surface area contributed by atoms with Crippen molar-refractivity contribution in [3.8, 4) is 0 Å². The first-order valence-corrected chi connectivity index (χ1v) is 9.08. The van der Waals surface area contributed by atoms with Crippen LogP contribution in [0.2, 0.25) is 0 Å². The third-order valence-electron chi connectivity index (χ3n) is 6.89. The zero-order chi connectivity index (χ0) is 18.0. The summed E-state index contributed by atoms with van der Waals surface area (Å²) in [6, 6.07) is 0. The largest absolute Gasteiger partial charge is 0.469 e. The van der Waals surface area contributed by atoms with Crippen LogP contribution in [0.4, 0.5) is 0 Å². The Bertz CT molecular complexity index is 747. The first-order valence-electron chi connectivity index (χ1n) is 9.08. The first kappa shape index (κ1) is 16.9. The van der Waals surface area contributed by atoms with E-state index in [1.165, 1.54) is 6.08 Å². The van der Waals surface area contributed by atoms with E-state index in [0.29, 0.717) is 11.5 Å². The summed E-state index contributed by atoms with van der Waals surface area (Å²) in [5.41, 5.74) is 1.86. The number of aliphatic hydroxyl groups is 1. The molecule has 1 saturated carbocycles. The molecular formula is C20H26O5. The molecule has 3 aliphatic rings. The number of carbonyl (C=O) groups is 1. The number of furan rings is 1. The van der Waals surface area contributed by atoms with Crippen LogP contribution in [0.5, 0.6) is 0 Å². The van der Waals surface area contributed by atoms with Crippen LogP contribution in [0.1, 0.15) is 56.6 Å². The second-order valence-corrected chi connectivity index (χ2v) is 8.04. The zero-order valence-electron chi connectivity index (χ0n) is 15.3. The van der Waals surface area contributed by atoms with E-state index in [0.717, 1.165) is 36.1 Å². The van der Waals surface area contributed by atoms with Gasteiger partial charge in [0, 0.05) is 23.0 Å². The molecule has 2 fully saturated rings. The van der Waals surface area contributed by atoms with Gasteiger partial charge in [0.2, 0.25) is 0 Å². The molecule has 136 valence electrons. The summed E-state index contributed by atoms with van der Waals surface area (Å²) in [5, 5.41) is 9.07. The fraction of sp³-hybridized carbons (Fsp3) is 0.650. The van der Waals surface area contributed by atoms with Gasteiger partial charge in [0.25, 0.3) is 0 Å². The Kier molecular flexibility index (Phi) is 3.68. The third kappa shape index (κ3) is 2.12. The SMILES string of the molecule is C/C(=C/CO)C(=O)O[C@@H]1c2c(C)coc2C[C@@]23O[C@@H]2CC[C@H](C)[C@@]13C. The van der Waals surface area contributed by atoms with E-state index >= 15 is 0 Å².